The zero-order valence-corrected chi connectivity index (χ0v) is 59.7. The molecule has 7 heteroatoms. The second kappa shape index (κ2) is 26.5. The van der Waals surface area contributed by atoms with Gasteiger partial charge in [-0.15, -0.1) is 0 Å². The van der Waals surface area contributed by atoms with Gasteiger partial charge in [0.05, 0.1) is 11.4 Å². The predicted octanol–water partition coefficient (Wildman–Crippen LogP) is 24.6. The fourth-order valence-corrected chi connectivity index (χ4v) is 17.8. The van der Waals surface area contributed by atoms with Gasteiger partial charge in [0.25, 0.3) is 0 Å². The van der Waals surface area contributed by atoms with Gasteiger partial charge in [-0.3, -0.25) is 0 Å². The van der Waals surface area contributed by atoms with Crippen LogP contribution in [0.15, 0.2) is 419 Å². The Kier molecular flexibility index (Phi) is 15.4. The van der Waals surface area contributed by atoms with Crippen LogP contribution in [0.5, 0.6) is 0 Å². The van der Waals surface area contributed by atoms with Gasteiger partial charge in [0, 0.05) is 84.8 Å². The maximum atomic E-state index is 2.87. The molecule has 0 atom stereocenters. The molecule has 0 saturated heterocycles. The van der Waals surface area contributed by atoms with Crippen LogP contribution in [-0.2, 0) is 0 Å². The molecular weight excluding hydrogens is 1320 g/mol. The third-order valence-electron chi connectivity index (χ3n) is 22.6. The smallest absolute Gasteiger partial charge is 0.316 e. The molecule has 0 unspecified atom stereocenters. The molecule has 4 aliphatic rings. The summed E-state index contributed by atoms with van der Waals surface area (Å²) in [6.07, 6.45) is 0. The Morgan fingerprint density at radius 2 is 0.431 bits per heavy atom. The van der Waals surface area contributed by atoms with E-state index >= 15 is 0 Å². The van der Waals surface area contributed by atoms with Crippen LogP contribution in [0.1, 0.15) is 0 Å². The van der Waals surface area contributed by atoms with Crippen molar-refractivity contribution in [3.05, 3.63) is 419 Å². The first-order valence-electron chi connectivity index (χ1n) is 37.7. The molecule has 0 bridgehead atoms. The number of hydrogen-bond donors (Lipinski definition) is 0. The first-order valence-corrected chi connectivity index (χ1v) is 37.7. The van der Waals surface area contributed by atoms with Crippen molar-refractivity contribution in [2.24, 2.45) is 0 Å². The number of benzene rings is 17. The molecule has 0 aromatic heterocycles. The van der Waals surface area contributed by atoms with Crippen LogP contribution in [0.4, 0.5) is 73.9 Å². The molecule has 21 rings (SSSR count). The summed E-state index contributed by atoms with van der Waals surface area (Å²) in [5, 5.41) is 0. The minimum Gasteiger partial charge on any atom is -0.444 e. The summed E-state index contributed by atoms with van der Waals surface area (Å²) in [5.74, 6) is 0. The van der Waals surface area contributed by atoms with Gasteiger partial charge in [-0.25, -0.2) is 0 Å². The number of fused-ring (bicyclic) bond motifs is 8. The number of anilines is 13. The molecule has 4 aliphatic heterocycles. The third kappa shape index (κ3) is 10.7. The van der Waals surface area contributed by atoms with Gasteiger partial charge in [-0.2, -0.15) is 0 Å². The first kappa shape index (κ1) is 63.4. The lowest BCUT2D eigenvalue weighted by Gasteiger charge is -2.53. The Hall–Kier alpha value is -14.1. The Labute approximate surface area is 637 Å². The van der Waals surface area contributed by atoms with Gasteiger partial charge in [0.1, 0.15) is 0 Å². The Balaban J connectivity index is 0.853. The molecule has 508 valence electrons. The van der Waals surface area contributed by atoms with E-state index in [1.54, 1.807) is 0 Å². The van der Waals surface area contributed by atoms with Crippen LogP contribution < -0.4 is 46.2 Å². The zero-order chi connectivity index (χ0) is 71.9. The lowest BCUT2D eigenvalue weighted by atomic mass is 9.32. The lowest BCUT2D eigenvalue weighted by Crippen LogP contribution is -2.74. The van der Waals surface area contributed by atoms with Crippen molar-refractivity contribution < 1.29 is 0 Å². The highest BCUT2D eigenvalue weighted by atomic mass is 15.2. The van der Waals surface area contributed by atoms with E-state index in [1.165, 1.54) is 72.0 Å². The van der Waals surface area contributed by atoms with Crippen LogP contribution in [0, 0.1) is 0 Å². The van der Waals surface area contributed by atoms with Crippen molar-refractivity contribution in [2.45, 2.75) is 0 Å². The van der Waals surface area contributed by atoms with Crippen molar-refractivity contribution >= 4 is 109 Å². The molecule has 0 radical (unpaired) electrons. The molecule has 109 heavy (non-hydrogen) atoms. The van der Waals surface area contributed by atoms with Crippen LogP contribution in [-0.4, -0.2) is 13.7 Å². The van der Waals surface area contributed by atoms with E-state index in [0.29, 0.717) is 0 Å². The first-order chi connectivity index (χ1) is 54.1. The van der Waals surface area contributed by atoms with Gasteiger partial charge in [-0.05, 0) is 186 Å². The lowest BCUT2D eigenvalue weighted by molar-refractivity contribution is 1.24. The second-order valence-corrected chi connectivity index (χ2v) is 28.6. The molecular formula is C102H69B2N5. The molecule has 0 N–H and O–H groups in total. The Morgan fingerprint density at radius 1 is 0.174 bits per heavy atom. The van der Waals surface area contributed by atoms with E-state index in [1.807, 2.05) is 0 Å². The monoisotopic (exact) mass is 1390 g/mol. The van der Waals surface area contributed by atoms with Crippen molar-refractivity contribution in [3.63, 3.8) is 0 Å². The summed E-state index contributed by atoms with van der Waals surface area (Å²) in [6, 6.07) is 155. The second-order valence-electron chi connectivity index (χ2n) is 28.6. The highest BCUT2D eigenvalue weighted by Gasteiger charge is 2.54. The number of rotatable bonds is 14. The Morgan fingerprint density at radius 3 is 0.752 bits per heavy atom. The minimum atomic E-state index is -0.280. The number of hydrogen-bond acceptors (Lipinski definition) is 5. The topological polar surface area (TPSA) is 16.2 Å². The Bertz CT molecular complexity index is 5740. The molecule has 0 amide bonds. The van der Waals surface area contributed by atoms with E-state index < -0.39 is 0 Å². The van der Waals surface area contributed by atoms with Gasteiger partial charge < -0.3 is 24.3 Å². The van der Waals surface area contributed by atoms with Crippen molar-refractivity contribution in [1.82, 2.24) is 0 Å². The van der Waals surface area contributed by atoms with Crippen molar-refractivity contribution in [1.29, 1.82) is 0 Å². The maximum absolute atomic E-state index is 2.87. The predicted molar refractivity (Wildman–Crippen MR) is 461 cm³/mol. The molecule has 17 aromatic carbocycles. The number of nitrogens with zero attached hydrogens (tertiary/aromatic N) is 5. The molecule has 0 spiro atoms. The number of para-hydroxylation sites is 5. The van der Waals surface area contributed by atoms with Crippen LogP contribution in [0.3, 0.4) is 0 Å². The molecule has 5 nitrogen and oxygen atoms in total. The minimum absolute atomic E-state index is 0.280. The highest BCUT2D eigenvalue weighted by Crippen LogP contribution is 2.56. The molecule has 0 aliphatic carbocycles. The fraction of sp³-hybridized carbons (Fsp3) is 0. The van der Waals surface area contributed by atoms with Gasteiger partial charge in [0.2, 0.25) is 0 Å². The molecule has 0 fully saturated rings. The normalized spacial score (nSPS) is 12.5. The summed E-state index contributed by atoms with van der Waals surface area (Å²) in [4.78, 5) is 10.2. The van der Waals surface area contributed by atoms with Crippen LogP contribution in [0.2, 0.25) is 0 Å². The fourth-order valence-electron chi connectivity index (χ4n) is 17.8. The van der Waals surface area contributed by atoms with E-state index in [4.69, 9.17) is 0 Å². The van der Waals surface area contributed by atoms with E-state index in [-0.39, 0.29) is 13.7 Å². The average molecular weight is 1390 g/mol. The highest BCUT2D eigenvalue weighted by molar-refractivity contribution is 7.09. The SMILES string of the molecule is c1ccc(-c2ccc(N(c3ccc(-c4ccccc4)cc3)c3cc4c5c(c3)N(c3ccccc3-c3ccccc3)c3ccccc3B5N3B5c6ccccc6N(c6ccccc6-c6ccccc6)c6cc(N(c7ccc(-c8ccccc8)cc7)c7ccc(-c8ccccc8)cc7)cc(c65)-c5cccc-4c53)cc2)cc1. The summed E-state index contributed by atoms with van der Waals surface area (Å²) in [7, 11) is 0. The quantitative estimate of drug-likeness (QED) is 0.101. The van der Waals surface area contributed by atoms with Gasteiger partial charge >= 0.3 is 13.7 Å². The summed E-state index contributed by atoms with van der Waals surface area (Å²) < 4.78 is 2.87. The average Bonchev–Trinajstić information content (AvgIpc) is 0.670. The maximum Gasteiger partial charge on any atom is 0.316 e. The third-order valence-corrected chi connectivity index (χ3v) is 22.6. The standard InChI is InChI=1S/C102H69B2N5/c1-7-28-70(29-8-1)74-50-58-80(59-51-74)105(81-60-52-75(53-61-81)71-30-9-2-10-31-71)84-66-90-88-42-27-43-89-91-67-85(106(82-62-54-76(55-63-82)72-32-11-3-12-33-72)83-64-56-77(57-65-83)73-34-13-4-14-35-73)69-99-101(91)104(93-45-22-26-49-97(93)108(99)95-47-24-20-41-87(95)79-38-17-6-18-39-79)109(102(88)89)103-92-44-21-25-48-96(92)107(98(68-84)100(90)103)94-46-23-19-40-86(94)78-36-15-5-16-37-78/h1-69H. The summed E-state index contributed by atoms with van der Waals surface area (Å²) in [6.45, 7) is -0.560. The largest absolute Gasteiger partial charge is 0.444 e. The summed E-state index contributed by atoms with van der Waals surface area (Å²) in [5.41, 5.74) is 37.9. The summed E-state index contributed by atoms with van der Waals surface area (Å²) >= 11 is 0. The molecule has 0 saturated carbocycles. The van der Waals surface area contributed by atoms with Crippen molar-refractivity contribution in [2.75, 3.05) is 24.3 Å². The van der Waals surface area contributed by atoms with E-state index in [0.717, 1.165) is 113 Å². The van der Waals surface area contributed by atoms with E-state index in [9.17, 15) is 0 Å². The van der Waals surface area contributed by atoms with Crippen LogP contribution >= 0.6 is 0 Å². The molecule has 4 heterocycles. The van der Waals surface area contributed by atoms with Gasteiger partial charge in [-0.1, -0.05) is 322 Å². The van der Waals surface area contributed by atoms with Crippen LogP contribution in [0.25, 0.3) is 89.0 Å². The van der Waals surface area contributed by atoms with E-state index in [2.05, 4.69) is 443 Å². The van der Waals surface area contributed by atoms with Crippen molar-refractivity contribution in [3.8, 4) is 89.0 Å². The van der Waals surface area contributed by atoms with Gasteiger partial charge in [0.15, 0.2) is 0 Å². The zero-order valence-electron chi connectivity index (χ0n) is 59.7. The molecule has 17 aromatic rings.